The van der Waals surface area contributed by atoms with Crippen molar-refractivity contribution in [2.75, 3.05) is 7.11 Å². The van der Waals surface area contributed by atoms with Crippen LogP contribution in [-0.2, 0) is 0 Å². The fourth-order valence-corrected chi connectivity index (χ4v) is 2.02. The topological polar surface area (TPSA) is 34.0 Å². The summed E-state index contributed by atoms with van der Waals surface area (Å²) >= 11 is 0. The summed E-state index contributed by atoms with van der Waals surface area (Å²) in [5.74, 6) is 0.794. The second kappa shape index (κ2) is 5.65. The lowest BCUT2D eigenvalue weighted by Gasteiger charge is -2.12. The van der Waals surface area contributed by atoms with Gasteiger partial charge in [0.2, 0.25) is 0 Å². The van der Waals surface area contributed by atoms with Gasteiger partial charge >= 0.3 is 0 Å². The summed E-state index contributed by atoms with van der Waals surface area (Å²) in [6, 6.07) is 11.8. The Hall–Kier alpha value is -2.16. The Morgan fingerprint density at radius 3 is 2.21 bits per heavy atom. The molecule has 0 heterocycles. The number of benzene rings is 2. The molecule has 2 rings (SSSR count). The molecule has 0 aliphatic rings. The number of nitrogens with zero attached hydrogens (tertiary/aromatic N) is 2. The van der Waals surface area contributed by atoms with Gasteiger partial charge in [0.1, 0.15) is 11.4 Å². The third-order valence-corrected chi connectivity index (χ3v) is 3.18. The second-order valence-electron chi connectivity index (χ2n) is 4.55. The van der Waals surface area contributed by atoms with E-state index in [0.29, 0.717) is 0 Å². The van der Waals surface area contributed by atoms with Crippen LogP contribution in [0, 0.1) is 20.8 Å². The number of ether oxygens (including phenoxy) is 1. The molecule has 2 aromatic rings. The highest BCUT2D eigenvalue weighted by molar-refractivity contribution is 5.63. The molecule has 98 valence electrons. The first-order chi connectivity index (χ1) is 9.13. The van der Waals surface area contributed by atoms with E-state index in [2.05, 4.69) is 23.2 Å². The Balaban J connectivity index is 2.47. The van der Waals surface area contributed by atoms with Gasteiger partial charge in [0, 0.05) is 0 Å². The molecule has 3 nitrogen and oxygen atoms in total. The smallest absolute Gasteiger partial charge is 0.149 e. The average molecular weight is 254 g/mol. The van der Waals surface area contributed by atoms with Crippen molar-refractivity contribution in [2.24, 2.45) is 10.2 Å². The summed E-state index contributed by atoms with van der Waals surface area (Å²) in [5, 5.41) is 8.64. The van der Waals surface area contributed by atoms with E-state index in [-0.39, 0.29) is 0 Å². The first kappa shape index (κ1) is 13.3. The third-order valence-electron chi connectivity index (χ3n) is 3.18. The van der Waals surface area contributed by atoms with Crippen LogP contribution >= 0.6 is 0 Å². The van der Waals surface area contributed by atoms with E-state index in [0.717, 1.165) is 28.3 Å². The van der Waals surface area contributed by atoms with Gasteiger partial charge in [-0.3, -0.25) is 0 Å². The molecular weight excluding hydrogens is 236 g/mol. The highest BCUT2D eigenvalue weighted by Gasteiger charge is 2.11. The van der Waals surface area contributed by atoms with Gasteiger partial charge in [0.05, 0.1) is 12.8 Å². The van der Waals surface area contributed by atoms with Crippen LogP contribution in [0.4, 0.5) is 11.4 Å². The molecule has 0 saturated carbocycles. The quantitative estimate of drug-likeness (QED) is 0.707. The van der Waals surface area contributed by atoms with Crippen molar-refractivity contribution in [2.45, 2.75) is 20.8 Å². The SMILES string of the molecule is COc1c(C)cc(C)c(C)c1N=Nc1ccccc1. The zero-order valence-corrected chi connectivity index (χ0v) is 11.8. The van der Waals surface area contributed by atoms with Crippen LogP contribution in [0.2, 0.25) is 0 Å². The summed E-state index contributed by atoms with van der Waals surface area (Å²) in [5.41, 5.74) is 5.02. The van der Waals surface area contributed by atoms with Gasteiger partial charge in [0.15, 0.2) is 0 Å². The third kappa shape index (κ3) is 2.81. The van der Waals surface area contributed by atoms with Crippen LogP contribution in [-0.4, -0.2) is 7.11 Å². The molecule has 0 bridgehead atoms. The lowest BCUT2D eigenvalue weighted by atomic mass is 10.0. The zero-order valence-electron chi connectivity index (χ0n) is 11.8. The number of rotatable bonds is 3. The second-order valence-corrected chi connectivity index (χ2v) is 4.55. The lowest BCUT2D eigenvalue weighted by molar-refractivity contribution is 0.412. The van der Waals surface area contributed by atoms with Crippen molar-refractivity contribution in [3.05, 3.63) is 53.1 Å². The first-order valence-electron chi connectivity index (χ1n) is 6.25. The molecule has 3 heteroatoms. The van der Waals surface area contributed by atoms with Gasteiger partial charge in [-0.05, 0) is 49.6 Å². The average Bonchev–Trinajstić information content (AvgIpc) is 2.42. The molecule has 0 saturated heterocycles. The Morgan fingerprint density at radius 2 is 1.58 bits per heavy atom. The number of azo groups is 1. The molecule has 0 fully saturated rings. The number of aryl methyl sites for hydroxylation is 2. The van der Waals surface area contributed by atoms with Gasteiger partial charge in [0.25, 0.3) is 0 Å². The van der Waals surface area contributed by atoms with E-state index in [9.17, 15) is 0 Å². The Morgan fingerprint density at radius 1 is 0.895 bits per heavy atom. The van der Waals surface area contributed by atoms with Crippen molar-refractivity contribution >= 4 is 11.4 Å². The lowest BCUT2D eigenvalue weighted by Crippen LogP contribution is -1.92. The monoisotopic (exact) mass is 254 g/mol. The predicted molar refractivity (Wildman–Crippen MR) is 77.8 cm³/mol. The Kier molecular flexibility index (Phi) is 3.95. The Labute approximate surface area is 114 Å². The largest absolute Gasteiger partial charge is 0.494 e. The van der Waals surface area contributed by atoms with Crippen molar-refractivity contribution in [1.82, 2.24) is 0 Å². The summed E-state index contributed by atoms with van der Waals surface area (Å²) < 4.78 is 5.45. The predicted octanol–water partition coefficient (Wildman–Crippen LogP) is 5.04. The van der Waals surface area contributed by atoms with Crippen LogP contribution < -0.4 is 4.74 Å². The van der Waals surface area contributed by atoms with Gasteiger partial charge in [-0.15, -0.1) is 5.11 Å². The summed E-state index contributed by atoms with van der Waals surface area (Å²) in [7, 11) is 1.67. The molecule has 2 aromatic carbocycles. The fraction of sp³-hybridized carbons (Fsp3) is 0.250. The number of hydrogen-bond acceptors (Lipinski definition) is 3. The number of hydrogen-bond donors (Lipinski definition) is 0. The van der Waals surface area contributed by atoms with Gasteiger partial charge < -0.3 is 4.74 Å². The molecular formula is C16H18N2O. The minimum Gasteiger partial charge on any atom is -0.494 e. The van der Waals surface area contributed by atoms with E-state index in [1.54, 1.807) is 7.11 Å². The van der Waals surface area contributed by atoms with Crippen molar-refractivity contribution < 1.29 is 4.74 Å². The molecule has 0 amide bonds. The van der Waals surface area contributed by atoms with Crippen LogP contribution in [0.5, 0.6) is 5.75 Å². The maximum absolute atomic E-state index is 5.45. The van der Waals surface area contributed by atoms with E-state index < -0.39 is 0 Å². The normalized spacial score (nSPS) is 10.9. The fourth-order valence-electron chi connectivity index (χ4n) is 2.02. The van der Waals surface area contributed by atoms with E-state index in [4.69, 9.17) is 4.74 Å². The molecule has 0 aliphatic carbocycles. The molecule has 0 aliphatic heterocycles. The first-order valence-corrected chi connectivity index (χ1v) is 6.25. The summed E-state index contributed by atoms with van der Waals surface area (Å²) in [6.07, 6.45) is 0. The molecule has 0 atom stereocenters. The molecule has 0 unspecified atom stereocenters. The summed E-state index contributed by atoms with van der Waals surface area (Å²) in [6.45, 7) is 6.13. The van der Waals surface area contributed by atoms with Crippen molar-refractivity contribution in [3.8, 4) is 5.75 Å². The maximum atomic E-state index is 5.45. The molecule has 0 aromatic heterocycles. The minimum atomic E-state index is 0.794. The Bertz CT molecular complexity index is 604. The van der Waals surface area contributed by atoms with E-state index in [1.807, 2.05) is 44.2 Å². The van der Waals surface area contributed by atoms with E-state index >= 15 is 0 Å². The van der Waals surface area contributed by atoms with Crippen LogP contribution in [0.25, 0.3) is 0 Å². The van der Waals surface area contributed by atoms with Crippen LogP contribution in [0.15, 0.2) is 46.6 Å². The highest BCUT2D eigenvalue weighted by Crippen LogP contribution is 2.37. The molecule has 19 heavy (non-hydrogen) atoms. The van der Waals surface area contributed by atoms with Gasteiger partial charge in [-0.25, -0.2) is 0 Å². The zero-order chi connectivity index (χ0) is 13.8. The van der Waals surface area contributed by atoms with Gasteiger partial charge in [-0.2, -0.15) is 5.11 Å². The standard InChI is InChI=1S/C16H18N2O/c1-11-10-12(2)16(19-4)15(13(11)3)18-17-14-8-6-5-7-9-14/h5-10H,1-4H3. The van der Waals surface area contributed by atoms with E-state index in [1.165, 1.54) is 5.56 Å². The molecule has 0 spiro atoms. The van der Waals surface area contributed by atoms with Crippen LogP contribution in [0.3, 0.4) is 0 Å². The van der Waals surface area contributed by atoms with Gasteiger partial charge in [-0.1, -0.05) is 24.3 Å². The number of methoxy groups -OCH3 is 1. The van der Waals surface area contributed by atoms with Crippen molar-refractivity contribution in [1.29, 1.82) is 0 Å². The highest BCUT2D eigenvalue weighted by atomic mass is 16.5. The minimum absolute atomic E-state index is 0.794. The molecule has 0 radical (unpaired) electrons. The van der Waals surface area contributed by atoms with Crippen LogP contribution in [0.1, 0.15) is 16.7 Å². The molecule has 0 N–H and O–H groups in total. The maximum Gasteiger partial charge on any atom is 0.149 e. The van der Waals surface area contributed by atoms with Crippen molar-refractivity contribution in [3.63, 3.8) is 0 Å². The summed E-state index contributed by atoms with van der Waals surface area (Å²) in [4.78, 5) is 0.